The molecule has 0 saturated carbocycles. The summed E-state index contributed by atoms with van der Waals surface area (Å²) in [4.78, 5) is 2.67. The molecule has 0 unspecified atom stereocenters. The van der Waals surface area contributed by atoms with E-state index in [4.69, 9.17) is 11.6 Å². The van der Waals surface area contributed by atoms with Gasteiger partial charge < -0.3 is 0 Å². The molecular formula is C20H22ClN. The van der Waals surface area contributed by atoms with Crippen LogP contribution in [0.25, 0.3) is 0 Å². The van der Waals surface area contributed by atoms with Crippen LogP contribution >= 0.6 is 11.6 Å². The molecule has 1 nitrogen and oxygen atoms in total. The second-order valence-corrected chi connectivity index (χ2v) is 7.20. The quantitative estimate of drug-likeness (QED) is 0.775. The smallest absolute Gasteiger partial charge is 0.0451 e. The van der Waals surface area contributed by atoms with Crippen molar-refractivity contribution in [2.45, 2.75) is 38.3 Å². The first-order valence-corrected chi connectivity index (χ1v) is 8.71. The van der Waals surface area contributed by atoms with Crippen LogP contribution < -0.4 is 0 Å². The molecular weight excluding hydrogens is 290 g/mol. The van der Waals surface area contributed by atoms with Gasteiger partial charge in [-0.05, 0) is 54.4 Å². The summed E-state index contributed by atoms with van der Waals surface area (Å²) in [5.41, 5.74) is 4.40. The third kappa shape index (κ3) is 2.80. The van der Waals surface area contributed by atoms with Crippen LogP contribution in [0, 0.1) is 5.92 Å². The fourth-order valence-corrected chi connectivity index (χ4v) is 4.34. The predicted molar refractivity (Wildman–Crippen MR) is 92.2 cm³/mol. The van der Waals surface area contributed by atoms with Gasteiger partial charge in [0.2, 0.25) is 0 Å². The number of halogens is 1. The van der Waals surface area contributed by atoms with Crippen molar-refractivity contribution in [2.75, 3.05) is 6.54 Å². The minimum Gasteiger partial charge on any atom is -0.295 e. The Morgan fingerprint density at radius 1 is 0.909 bits per heavy atom. The molecule has 2 aromatic rings. The fourth-order valence-electron chi connectivity index (χ4n) is 4.14. The van der Waals surface area contributed by atoms with E-state index in [1.807, 2.05) is 12.1 Å². The molecule has 0 spiro atoms. The highest BCUT2D eigenvalue weighted by Crippen LogP contribution is 2.33. The maximum atomic E-state index is 6.37. The standard InChI is InChI=1S/C20H22ClN/c21-20-8-4-3-7-18(20)14-22-13-15-9-10-19(22)12-17-6-2-1-5-16(17)11-15/h1-8,15,19H,9-14H2/t15-,19-/m1/s1. The number of rotatable bonds is 2. The van der Waals surface area contributed by atoms with Crippen LogP contribution in [0.2, 0.25) is 5.02 Å². The van der Waals surface area contributed by atoms with Gasteiger partial charge in [-0.1, -0.05) is 54.1 Å². The lowest BCUT2D eigenvalue weighted by atomic mass is 9.80. The molecule has 0 radical (unpaired) electrons. The van der Waals surface area contributed by atoms with Crippen LogP contribution in [0.15, 0.2) is 48.5 Å². The summed E-state index contributed by atoms with van der Waals surface area (Å²) in [6.07, 6.45) is 5.12. The van der Waals surface area contributed by atoms with Crippen molar-refractivity contribution in [3.8, 4) is 0 Å². The number of nitrogens with zero attached hydrogens (tertiary/aromatic N) is 1. The van der Waals surface area contributed by atoms with Crippen molar-refractivity contribution in [1.29, 1.82) is 0 Å². The molecule has 1 aliphatic carbocycles. The molecule has 1 fully saturated rings. The van der Waals surface area contributed by atoms with Gasteiger partial charge in [0.05, 0.1) is 0 Å². The first kappa shape index (κ1) is 14.3. The third-order valence-electron chi connectivity index (χ3n) is 5.33. The van der Waals surface area contributed by atoms with Gasteiger partial charge in [0, 0.05) is 24.2 Å². The van der Waals surface area contributed by atoms with Gasteiger partial charge in [0.15, 0.2) is 0 Å². The Morgan fingerprint density at radius 2 is 1.64 bits per heavy atom. The van der Waals surface area contributed by atoms with E-state index >= 15 is 0 Å². The van der Waals surface area contributed by atoms with Crippen molar-refractivity contribution >= 4 is 11.6 Å². The Kier molecular flexibility index (Phi) is 3.94. The number of benzene rings is 2. The molecule has 22 heavy (non-hydrogen) atoms. The number of piperidine rings is 1. The monoisotopic (exact) mass is 311 g/mol. The van der Waals surface area contributed by atoms with Gasteiger partial charge in [-0.25, -0.2) is 0 Å². The lowest BCUT2D eigenvalue weighted by molar-refractivity contribution is 0.0938. The Bertz CT molecular complexity index is 666. The zero-order chi connectivity index (χ0) is 14.9. The molecule has 2 aromatic carbocycles. The average molecular weight is 312 g/mol. The number of hydrogen-bond acceptors (Lipinski definition) is 1. The van der Waals surface area contributed by atoms with Crippen molar-refractivity contribution in [3.63, 3.8) is 0 Å². The lowest BCUT2D eigenvalue weighted by Crippen LogP contribution is -2.46. The summed E-state index contributed by atoms with van der Waals surface area (Å²) in [7, 11) is 0. The zero-order valence-electron chi connectivity index (χ0n) is 12.8. The van der Waals surface area contributed by atoms with Crippen LogP contribution in [0.5, 0.6) is 0 Å². The lowest BCUT2D eigenvalue weighted by Gasteiger charge is -2.42. The van der Waals surface area contributed by atoms with Gasteiger partial charge in [-0.2, -0.15) is 0 Å². The van der Waals surface area contributed by atoms with E-state index < -0.39 is 0 Å². The van der Waals surface area contributed by atoms with Crippen molar-refractivity contribution in [2.24, 2.45) is 5.92 Å². The molecule has 2 atom stereocenters. The minimum atomic E-state index is 0.661. The first-order chi connectivity index (χ1) is 10.8. The molecule has 0 aromatic heterocycles. The minimum absolute atomic E-state index is 0.661. The van der Waals surface area contributed by atoms with Gasteiger partial charge in [0.25, 0.3) is 0 Å². The molecule has 3 aliphatic rings. The highest BCUT2D eigenvalue weighted by Gasteiger charge is 2.31. The predicted octanol–water partition coefficient (Wildman–Crippen LogP) is 4.72. The Balaban J connectivity index is 1.60. The van der Waals surface area contributed by atoms with E-state index in [1.54, 1.807) is 11.1 Å². The highest BCUT2D eigenvalue weighted by atomic mass is 35.5. The summed E-state index contributed by atoms with van der Waals surface area (Å²) in [5, 5.41) is 0.904. The maximum Gasteiger partial charge on any atom is 0.0451 e. The largest absolute Gasteiger partial charge is 0.295 e. The molecule has 5 rings (SSSR count). The van der Waals surface area contributed by atoms with Crippen molar-refractivity contribution in [3.05, 3.63) is 70.2 Å². The van der Waals surface area contributed by atoms with Crippen LogP contribution in [-0.4, -0.2) is 17.5 Å². The van der Waals surface area contributed by atoms with Gasteiger partial charge in [-0.3, -0.25) is 4.90 Å². The van der Waals surface area contributed by atoms with Crippen molar-refractivity contribution in [1.82, 2.24) is 4.90 Å². The Morgan fingerprint density at radius 3 is 2.45 bits per heavy atom. The van der Waals surface area contributed by atoms with Gasteiger partial charge >= 0.3 is 0 Å². The van der Waals surface area contributed by atoms with E-state index in [2.05, 4.69) is 41.3 Å². The van der Waals surface area contributed by atoms with E-state index in [9.17, 15) is 0 Å². The SMILES string of the molecule is Clc1ccccc1CN1C[C@@H]2CC[C@@H]1Cc1ccccc1C2. The summed E-state index contributed by atoms with van der Waals surface area (Å²) in [6, 6.07) is 18.0. The molecule has 2 heteroatoms. The third-order valence-corrected chi connectivity index (χ3v) is 5.70. The maximum absolute atomic E-state index is 6.37. The molecule has 0 amide bonds. The van der Waals surface area contributed by atoms with Crippen LogP contribution in [0.3, 0.4) is 0 Å². The highest BCUT2D eigenvalue weighted by molar-refractivity contribution is 6.31. The van der Waals surface area contributed by atoms with Crippen molar-refractivity contribution < 1.29 is 0 Å². The Labute approximate surface area is 137 Å². The van der Waals surface area contributed by atoms with E-state index in [1.165, 1.54) is 37.8 Å². The average Bonchev–Trinajstić information content (AvgIpc) is 2.50. The zero-order valence-corrected chi connectivity index (χ0v) is 13.6. The first-order valence-electron chi connectivity index (χ1n) is 8.34. The van der Waals surface area contributed by atoms with Crippen LogP contribution in [-0.2, 0) is 19.4 Å². The summed E-state index contributed by atoms with van der Waals surface area (Å²) >= 11 is 6.37. The molecule has 2 aliphatic heterocycles. The van der Waals surface area contributed by atoms with E-state index in [0.29, 0.717) is 6.04 Å². The topological polar surface area (TPSA) is 3.24 Å². The summed E-state index contributed by atoms with van der Waals surface area (Å²) in [6.45, 7) is 2.20. The van der Waals surface area contributed by atoms with Gasteiger partial charge in [0.1, 0.15) is 0 Å². The van der Waals surface area contributed by atoms with Crippen LogP contribution in [0.4, 0.5) is 0 Å². The molecule has 1 saturated heterocycles. The number of hydrogen-bond donors (Lipinski definition) is 0. The molecule has 2 heterocycles. The molecule has 114 valence electrons. The summed E-state index contributed by atoms with van der Waals surface area (Å²) in [5.74, 6) is 0.792. The second kappa shape index (κ2) is 6.06. The molecule has 0 N–H and O–H groups in total. The Hall–Kier alpha value is -1.31. The number of fused-ring (bicyclic) bond motifs is 2. The van der Waals surface area contributed by atoms with E-state index in [-0.39, 0.29) is 0 Å². The van der Waals surface area contributed by atoms with Crippen LogP contribution in [0.1, 0.15) is 29.5 Å². The normalized spacial score (nSPS) is 24.6. The fraction of sp³-hybridized carbons (Fsp3) is 0.400. The van der Waals surface area contributed by atoms with E-state index in [0.717, 1.165) is 17.5 Å². The summed E-state index contributed by atoms with van der Waals surface area (Å²) < 4.78 is 0. The van der Waals surface area contributed by atoms with Gasteiger partial charge in [-0.15, -0.1) is 0 Å². The second-order valence-electron chi connectivity index (χ2n) is 6.80. The molecule has 2 bridgehead atoms.